The number of phenols is 1. The molecule has 5 heteroatoms. The molecule has 62 heavy (non-hydrogen) atoms. The van der Waals surface area contributed by atoms with E-state index >= 15 is 0 Å². The van der Waals surface area contributed by atoms with E-state index in [1.54, 1.807) is 6.07 Å². The van der Waals surface area contributed by atoms with Gasteiger partial charge in [0.05, 0.1) is 5.41 Å². The number of aromatic nitrogens is 3. The minimum Gasteiger partial charge on any atom is -0.508 e. The summed E-state index contributed by atoms with van der Waals surface area (Å²) in [5.74, 6) is 2.00. The molecule has 0 saturated carbocycles. The van der Waals surface area contributed by atoms with Crippen LogP contribution in [0.25, 0.3) is 56.4 Å². The molecule has 1 heterocycles. The zero-order valence-electron chi connectivity index (χ0n) is 33.9. The number of benzene rings is 8. The molecule has 2 aliphatic rings. The second-order valence-electron chi connectivity index (χ2n) is 16.1. The van der Waals surface area contributed by atoms with Gasteiger partial charge in [0.1, 0.15) is 5.75 Å². The molecule has 0 saturated heterocycles. The van der Waals surface area contributed by atoms with Crippen molar-refractivity contribution in [3.63, 3.8) is 0 Å². The lowest BCUT2D eigenvalue weighted by atomic mass is 9.37. The number of phenolic OH excluding ortho intramolecular Hbond substituents is 1. The first kappa shape index (κ1) is 37.1. The van der Waals surface area contributed by atoms with Gasteiger partial charge in [-0.1, -0.05) is 235 Å². The third-order valence-corrected chi connectivity index (χ3v) is 12.6. The van der Waals surface area contributed by atoms with Gasteiger partial charge in [0, 0.05) is 28.2 Å². The number of nitrogens with zero attached hydrogens (tertiary/aromatic N) is 3. The van der Waals surface area contributed by atoms with E-state index in [1.807, 2.05) is 18.2 Å². The molecule has 4 nitrogen and oxygen atoms in total. The smallest absolute Gasteiger partial charge is 0.241 e. The zero-order chi connectivity index (χ0) is 41.5. The summed E-state index contributed by atoms with van der Waals surface area (Å²) in [5.41, 5.74) is 13.3. The molecule has 0 bridgehead atoms. The summed E-state index contributed by atoms with van der Waals surface area (Å²) >= 11 is 0. The van der Waals surface area contributed by atoms with Crippen LogP contribution >= 0.6 is 0 Å². The van der Waals surface area contributed by atoms with Crippen LogP contribution in [0.5, 0.6) is 5.75 Å². The van der Waals surface area contributed by atoms with Gasteiger partial charge >= 0.3 is 0 Å². The number of aromatic hydroxyl groups is 1. The van der Waals surface area contributed by atoms with Crippen LogP contribution in [0.3, 0.4) is 0 Å². The molecule has 0 radical (unpaired) electrons. The molecule has 9 aromatic rings. The molecule has 292 valence electrons. The van der Waals surface area contributed by atoms with Crippen LogP contribution in [0.15, 0.2) is 231 Å². The van der Waals surface area contributed by atoms with Crippen LogP contribution < -0.4 is 16.4 Å². The molecular weight excluding hydrogens is 753 g/mol. The Morgan fingerprint density at radius 3 is 1.42 bits per heavy atom. The average Bonchev–Trinajstić information content (AvgIpc) is 3.99. The van der Waals surface area contributed by atoms with Crippen LogP contribution in [0.4, 0.5) is 0 Å². The molecule has 2 aliphatic carbocycles. The summed E-state index contributed by atoms with van der Waals surface area (Å²) < 4.78 is 0. The summed E-state index contributed by atoms with van der Waals surface area (Å²) in [6.07, 6.45) is 8.70. The third-order valence-electron chi connectivity index (χ3n) is 12.6. The van der Waals surface area contributed by atoms with Crippen molar-refractivity contribution in [2.75, 3.05) is 0 Å². The standard InChI is InChI=1S/C57H40BN3O/c62-53-27-15-14-26-51(53)57(44-18-10-11-19-44)50-25-13-12-24-48(50)49-37-34-43(38-52(49)57)56-60-54(41-30-28-40(29-31-41)39-16-4-1-5-17-39)59-55(61-56)42-32-35-47(36-33-42)58(45-20-6-2-7-21-45)46-22-8-3-9-23-46/h1-38,44,62H. The molecule has 1 aromatic heterocycles. The summed E-state index contributed by atoms with van der Waals surface area (Å²) in [5, 5.41) is 11.7. The Balaban J connectivity index is 1.07. The normalized spacial score (nSPS) is 15.0. The van der Waals surface area contributed by atoms with Crippen LogP contribution in [-0.2, 0) is 5.41 Å². The van der Waals surface area contributed by atoms with Crippen molar-refractivity contribution in [3.8, 4) is 62.2 Å². The van der Waals surface area contributed by atoms with Crippen molar-refractivity contribution in [1.29, 1.82) is 0 Å². The minimum atomic E-state index is -0.688. The highest BCUT2D eigenvalue weighted by Gasteiger charge is 2.50. The van der Waals surface area contributed by atoms with Gasteiger partial charge in [0.15, 0.2) is 17.5 Å². The maximum absolute atomic E-state index is 11.7. The van der Waals surface area contributed by atoms with E-state index in [0.29, 0.717) is 17.5 Å². The Bertz CT molecular complexity index is 3080. The van der Waals surface area contributed by atoms with Gasteiger partial charge in [-0.25, -0.2) is 15.0 Å². The van der Waals surface area contributed by atoms with Crippen molar-refractivity contribution < 1.29 is 5.11 Å². The summed E-state index contributed by atoms with van der Waals surface area (Å²) in [7, 11) is 0. The predicted octanol–water partition coefficient (Wildman–Crippen LogP) is 10.8. The van der Waals surface area contributed by atoms with E-state index in [1.165, 1.54) is 16.4 Å². The number of rotatable bonds is 9. The summed E-state index contributed by atoms with van der Waals surface area (Å²) in [4.78, 5) is 15.7. The monoisotopic (exact) mass is 793 g/mol. The number of hydrogen-bond donors (Lipinski definition) is 1. The van der Waals surface area contributed by atoms with Crippen molar-refractivity contribution >= 4 is 23.1 Å². The molecule has 8 aromatic carbocycles. The highest BCUT2D eigenvalue weighted by Crippen LogP contribution is 2.59. The lowest BCUT2D eigenvalue weighted by Crippen LogP contribution is -2.51. The highest BCUT2D eigenvalue weighted by atomic mass is 16.3. The van der Waals surface area contributed by atoms with Gasteiger partial charge in [-0.05, 0) is 45.5 Å². The maximum Gasteiger partial charge on any atom is 0.241 e. The summed E-state index contributed by atoms with van der Waals surface area (Å²) in [6.45, 7) is 0.0727. The fourth-order valence-electron chi connectivity index (χ4n) is 9.71. The number of para-hydroxylation sites is 1. The molecule has 1 N–H and O–H groups in total. The van der Waals surface area contributed by atoms with E-state index in [-0.39, 0.29) is 18.4 Å². The van der Waals surface area contributed by atoms with Gasteiger partial charge in [-0.2, -0.15) is 0 Å². The Kier molecular flexibility index (Phi) is 9.35. The van der Waals surface area contributed by atoms with Gasteiger partial charge < -0.3 is 5.11 Å². The minimum absolute atomic E-state index is 0.0322. The van der Waals surface area contributed by atoms with E-state index < -0.39 is 5.41 Å². The van der Waals surface area contributed by atoms with Gasteiger partial charge in [0.25, 0.3) is 0 Å². The average molecular weight is 794 g/mol. The largest absolute Gasteiger partial charge is 0.508 e. The van der Waals surface area contributed by atoms with E-state index in [0.717, 1.165) is 55.6 Å². The number of fused-ring (bicyclic) bond motifs is 3. The fourth-order valence-corrected chi connectivity index (χ4v) is 9.71. The Labute approximate surface area is 362 Å². The van der Waals surface area contributed by atoms with Crippen molar-refractivity contribution in [2.24, 2.45) is 5.92 Å². The molecule has 11 rings (SSSR count). The molecule has 0 fully saturated rings. The van der Waals surface area contributed by atoms with Gasteiger partial charge in [-0.3, -0.25) is 0 Å². The molecule has 1 atom stereocenters. The Morgan fingerprint density at radius 1 is 0.371 bits per heavy atom. The van der Waals surface area contributed by atoms with E-state index in [9.17, 15) is 5.11 Å². The Hall–Kier alpha value is -7.89. The third kappa shape index (κ3) is 6.38. The van der Waals surface area contributed by atoms with E-state index in [4.69, 9.17) is 15.0 Å². The lowest BCUT2D eigenvalue weighted by Gasteiger charge is -2.37. The SMILES string of the molecule is Oc1ccccc1C1(C2C=CC=C2)c2ccccc2-c2ccc(-c3nc(-c4ccc(B(c5ccccc5)c5ccccc5)cc4)nc(-c4ccc(-c5ccccc5)cc4)n3)cc21. The molecule has 0 amide bonds. The number of hydrogen-bond acceptors (Lipinski definition) is 4. The second kappa shape index (κ2) is 15.6. The first-order chi connectivity index (χ1) is 30.6. The second-order valence-corrected chi connectivity index (χ2v) is 16.1. The van der Waals surface area contributed by atoms with E-state index in [2.05, 4.69) is 206 Å². The fraction of sp³-hybridized carbons (Fsp3) is 0.0351. The number of allylic oxidation sites excluding steroid dienone is 4. The van der Waals surface area contributed by atoms with Crippen LogP contribution in [0, 0.1) is 5.92 Å². The van der Waals surface area contributed by atoms with Crippen LogP contribution in [0.1, 0.15) is 16.7 Å². The van der Waals surface area contributed by atoms with Crippen molar-refractivity contribution in [3.05, 3.63) is 247 Å². The quantitative estimate of drug-likeness (QED) is 0.148. The van der Waals surface area contributed by atoms with Crippen LogP contribution in [0.2, 0.25) is 0 Å². The van der Waals surface area contributed by atoms with Crippen molar-refractivity contribution in [1.82, 2.24) is 15.0 Å². The molecular formula is C57H40BN3O. The topological polar surface area (TPSA) is 58.9 Å². The van der Waals surface area contributed by atoms with Crippen molar-refractivity contribution in [2.45, 2.75) is 5.41 Å². The molecule has 0 aliphatic heterocycles. The van der Waals surface area contributed by atoms with Crippen LogP contribution in [-0.4, -0.2) is 26.8 Å². The lowest BCUT2D eigenvalue weighted by molar-refractivity contribution is 0.441. The Morgan fingerprint density at radius 2 is 0.806 bits per heavy atom. The van der Waals surface area contributed by atoms with Gasteiger partial charge in [-0.15, -0.1) is 0 Å². The predicted molar refractivity (Wildman–Crippen MR) is 254 cm³/mol. The molecule has 1 unspecified atom stereocenters. The molecule has 0 spiro atoms. The zero-order valence-corrected chi connectivity index (χ0v) is 33.9. The highest BCUT2D eigenvalue weighted by molar-refractivity contribution is 6.95. The van der Waals surface area contributed by atoms with Gasteiger partial charge in [0.2, 0.25) is 6.71 Å². The summed E-state index contributed by atoms with van der Waals surface area (Å²) in [6, 6.07) is 71.8. The first-order valence-electron chi connectivity index (χ1n) is 21.2. The maximum atomic E-state index is 11.7. The first-order valence-corrected chi connectivity index (χ1v) is 21.2.